The van der Waals surface area contributed by atoms with Gasteiger partial charge in [0.05, 0.1) is 20.9 Å². The van der Waals surface area contributed by atoms with Crippen LogP contribution >= 0.6 is 27.3 Å². The molecule has 0 aliphatic carbocycles. The number of nitrogens with zero attached hydrogens (tertiary/aromatic N) is 2. The topological polar surface area (TPSA) is 68.5 Å². The van der Waals surface area contributed by atoms with Gasteiger partial charge in [0.2, 0.25) is 5.91 Å². The van der Waals surface area contributed by atoms with Crippen molar-refractivity contribution in [2.45, 2.75) is 11.3 Å². The van der Waals surface area contributed by atoms with Crippen LogP contribution in [-0.2, 0) is 21.7 Å². The van der Waals surface area contributed by atoms with E-state index in [0.717, 1.165) is 26.8 Å². The summed E-state index contributed by atoms with van der Waals surface area (Å²) in [4.78, 5) is 16.7. The minimum absolute atomic E-state index is 0.0102. The lowest BCUT2D eigenvalue weighted by Crippen LogP contribution is -2.15. The predicted octanol–water partition coefficient (Wildman–Crippen LogP) is 3.43. The van der Waals surface area contributed by atoms with Gasteiger partial charge >= 0.3 is 0 Å². The van der Waals surface area contributed by atoms with Crippen LogP contribution in [0.1, 0.15) is 6.42 Å². The summed E-state index contributed by atoms with van der Waals surface area (Å²) >= 11 is 4.75. The fourth-order valence-electron chi connectivity index (χ4n) is 2.36. The summed E-state index contributed by atoms with van der Waals surface area (Å²) in [6.45, 7) is 0. The predicted molar refractivity (Wildman–Crippen MR) is 102 cm³/mol. The van der Waals surface area contributed by atoms with Crippen molar-refractivity contribution in [1.29, 1.82) is 0 Å². The van der Waals surface area contributed by atoms with Gasteiger partial charge in [-0.2, -0.15) is 4.99 Å². The Morgan fingerprint density at radius 3 is 2.62 bits per heavy atom. The first kappa shape index (κ1) is 18.9. The summed E-state index contributed by atoms with van der Waals surface area (Å²) in [5.41, 5.74) is 0.934. The monoisotopic (exact) mass is 456 g/mol. The van der Waals surface area contributed by atoms with Crippen LogP contribution in [0.25, 0.3) is 10.2 Å². The summed E-state index contributed by atoms with van der Waals surface area (Å²) < 4.78 is 41.0. The van der Waals surface area contributed by atoms with Crippen molar-refractivity contribution < 1.29 is 17.6 Å². The molecule has 26 heavy (non-hydrogen) atoms. The molecular weight excluding hydrogens is 443 g/mol. The van der Waals surface area contributed by atoms with Gasteiger partial charge in [-0.15, -0.1) is 0 Å². The van der Waals surface area contributed by atoms with Gasteiger partial charge in [-0.05, 0) is 42.5 Å². The number of aryl methyl sites for hydroxylation is 1. The molecule has 1 amide bonds. The third kappa shape index (κ3) is 4.11. The number of halogens is 2. The van der Waals surface area contributed by atoms with E-state index in [2.05, 4.69) is 20.9 Å². The Bertz CT molecular complexity index is 1150. The Labute approximate surface area is 161 Å². The Morgan fingerprint density at radius 2 is 1.92 bits per heavy atom. The number of thiazole rings is 1. The fourth-order valence-corrected chi connectivity index (χ4v) is 5.18. The van der Waals surface area contributed by atoms with Gasteiger partial charge < -0.3 is 4.57 Å². The maximum Gasteiger partial charge on any atom is 0.249 e. The maximum atomic E-state index is 12.9. The number of benzene rings is 2. The highest BCUT2D eigenvalue weighted by Crippen LogP contribution is 2.21. The van der Waals surface area contributed by atoms with Crippen molar-refractivity contribution >= 4 is 53.2 Å². The van der Waals surface area contributed by atoms with Crippen LogP contribution in [0.4, 0.5) is 4.39 Å². The fraction of sp³-hybridized carbons (Fsp3) is 0.176. The molecule has 3 rings (SSSR count). The van der Waals surface area contributed by atoms with Crippen molar-refractivity contribution in [1.82, 2.24) is 4.57 Å². The Morgan fingerprint density at radius 1 is 1.23 bits per heavy atom. The Kier molecular flexibility index (Phi) is 5.40. The lowest BCUT2D eigenvalue weighted by Gasteiger charge is -2.02. The molecule has 0 bridgehead atoms. The maximum absolute atomic E-state index is 12.9. The van der Waals surface area contributed by atoms with Crippen molar-refractivity contribution in [3.05, 3.63) is 57.6 Å². The Balaban J connectivity index is 1.79. The number of carbonyl (C=O) groups excluding carboxylic acids is 1. The SMILES string of the molecule is Cn1c(=NC(=O)CCS(=O)(=O)c2ccc(F)cc2)sc2cc(Br)ccc21. The van der Waals surface area contributed by atoms with Crippen LogP contribution in [-0.4, -0.2) is 24.6 Å². The van der Waals surface area contributed by atoms with Crippen LogP contribution in [0, 0.1) is 5.82 Å². The lowest BCUT2D eigenvalue weighted by molar-refractivity contribution is -0.117. The zero-order valence-electron chi connectivity index (χ0n) is 13.6. The molecule has 3 aromatic rings. The summed E-state index contributed by atoms with van der Waals surface area (Å²) in [6.07, 6.45) is -0.238. The normalized spacial score (nSPS) is 12.7. The number of fused-ring (bicyclic) bond motifs is 1. The summed E-state index contributed by atoms with van der Waals surface area (Å²) in [5.74, 6) is -1.41. The van der Waals surface area contributed by atoms with Gasteiger partial charge in [0.15, 0.2) is 14.6 Å². The van der Waals surface area contributed by atoms with E-state index in [0.29, 0.717) is 4.80 Å². The van der Waals surface area contributed by atoms with E-state index in [9.17, 15) is 17.6 Å². The first-order valence-corrected chi connectivity index (χ1v) is 10.8. The number of hydrogen-bond acceptors (Lipinski definition) is 4. The average Bonchev–Trinajstić information content (AvgIpc) is 2.88. The van der Waals surface area contributed by atoms with E-state index in [1.807, 2.05) is 18.2 Å². The summed E-state index contributed by atoms with van der Waals surface area (Å²) in [7, 11) is -1.86. The highest BCUT2D eigenvalue weighted by molar-refractivity contribution is 9.10. The first-order chi connectivity index (χ1) is 12.3. The van der Waals surface area contributed by atoms with E-state index >= 15 is 0 Å². The molecule has 0 N–H and O–H groups in total. The molecule has 1 aromatic heterocycles. The van der Waals surface area contributed by atoms with Gasteiger partial charge in [-0.1, -0.05) is 27.3 Å². The zero-order valence-corrected chi connectivity index (χ0v) is 16.9. The van der Waals surface area contributed by atoms with Crippen LogP contribution in [0.5, 0.6) is 0 Å². The molecule has 0 saturated carbocycles. The van der Waals surface area contributed by atoms with Gasteiger partial charge in [-0.3, -0.25) is 4.79 Å². The number of amides is 1. The number of rotatable bonds is 4. The average molecular weight is 457 g/mol. The van der Waals surface area contributed by atoms with Crippen LogP contribution in [0.15, 0.2) is 56.8 Å². The number of hydrogen-bond donors (Lipinski definition) is 0. The molecule has 0 unspecified atom stereocenters. The summed E-state index contributed by atoms with van der Waals surface area (Å²) in [5, 5.41) is 0. The number of carbonyl (C=O) groups is 1. The highest BCUT2D eigenvalue weighted by atomic mass is 79.9. The molecule has 2 aromatic carbocycles. The second-order valence-electron chi connectivity index (χ2n) is 5.58. The largest absolute Gasteiger partial charge is 0.319 e. The van der Waals surface area contributed by atoms with Gasteiger partial charge in [0.1, 0.15) is 5.82 Å². The molecule has 9 heteroatoms. The first-order valence-electron chi connectivity index (χ1n) is 7.57. The van der Waals surface area contributed by atoms with Gasteiger partial charge in [0.25, 0.3) is 0 Å². The molecule has 0 saturated heterocycles. The molecule has 0 spiro atoms. The minimum atomic E-state index is -3.66. The zero-order chi connectivity index (χ0) is 18.9. The molecule has 0 fully saturated rings. The third-order valence-corrected chi connectivity index (χ3v) is 7.07. The Hall–Kier alpha value is -1.84. The van der Waals surface area contributed by atoms with E-state index in [4.69, 9.17) is 0 Å². The standard InChI is InChI=1S/C17H14BrFN2O3S2/c1-21-14-7-2-11(18)10-15(14)25-17(21)20-16(22)8-9-26(23,24)13-5-3-12(19)4-6-13/h2-7,10H,8-9H2,1H3. The van der Waals surface area contributed by atoms with Crippen LogP contribution in [0.3, 0.4) is 0 Å². The van der Waals surface area contributed by atoms with E-state index < -0.39 is 21.6 Å². The number of sulfone groups is 1. The molecular formula is C17H14BrFN2O3S2. The number of aromatic nitrogens is 1. The smallest absolute Gasteiger partial charge is 0.249 e. The third-order valence-electron chi connectivity index (χ3n) is 3.75. The van der Waals surface area contributed by atoms with Crippen molar-refractivity contribution in [2.24, 2.45) is 12.0 Å². The van der Waals surface area contributed by atoms with E-state index in [1.54, 1.807) is 11.6 Å². The van der Waals surface area contributed by atoms with Gasteiger partial charge in [-0.25, -0.2) is 12.8 Å². The van der Waals surface area contributed by atoms with Crippen molar-refractivity contribution in [2.75, 3.05) is 5.75 Å². The van der Waals surface area contributed by atoms with E-state index in [-0.39, 0.29) is 17.1 Å². The van der Waals surface area contributed by atoms with Crippen molar-refractivity contribution in [3.8, 4) is 0 Å². The summed E-state index contributed by atoms with van der Waals surface area (Å²) in [6, 6.07) is 10.3. The molecule has 5 nitrogen and oxygen atoms in total. The lowest BCUT2D eigenvalue weighted by atomic mass is 10.3. The molecule has 136 valence electrons. The van der Waals surface area contributed by atoms with E-state index in [1.165, 1.54) is 23.5 Å². The molecule has 0 radical (unpaired) electrons. The highest BCUT2D eigenvalue weighted by Gasteiger charge is 2.16. The minimum Gasteiger partial charge on any atom is -0.319 e. The second kappa shape index (κ2) is 7.42. The molecule has 0 aliphatic heterocycles. The molecule has 1 heterocycles. The van der Waals surface area contributed by atoms with Crippen LogP contribution in [0.2, 0.25) is 0 Å². The van der Waals surface area contributed by atoms with Crippen molar-refractivity contribution in [3.63, 3.8) is 0 Å². The quantitative estimate of drug-likeness (QED) is 0.564. The molecule has 0 atom stereocenters. The molecule has 0 aliphatic rings. The van der Waals surface area contributed by atoms with Crippen LogP contribution < -0.4 is 4.80 Å². The second-order valence-corrected chi connectivity index (χ2v) is 9.62. The van der Waals surface area contributed by atoms with Gasteiger partial charge in [0, 0.05) is 17.9 Å².